The molecule has 0 unspecified atom stereocenters. The Bertz CT molecular complexity index is 1380. The normalized spacial score (nSPS) is 12.8. The van der Waals surface area contributed by atoms with Crippen molar-refractivity contribution in [2.75, 3.05) is 26.4 Å². The smallest absolute Gasteiger partial charge is 0.122 e. The molecule has 0 saturated carbocycles. The van der Waals surface area contributed by atoms with E-state index in [-0.39, 0.29) is 48.7 Å². The van der Waals surface area contributed by atoms with Crippen molar-refractivity contribution in [1.82, 2.24) is 0 Å². The Hall–Kier alpha value is -4.08. The second-order valence-corrected chi connectivity index (χ2v) is 12.3. The van der Waals surface area contributed by atoms with Gasteiger partial charge in [0.1, 0.15) is 23.0 Å². The van der Waals surface area contributed by atoms with Crippen molar-refractivity contribution >= 4 is 0 Å². The molecule has 4 aromatic rings. The van der Waals surface area contributed by atoms with Gasteiger partial charge in [0.25, 0.3) is 0 Å². The number of fused-ring (bicyclic) bond motifs is 8. The van der Waals surface area contributed by atoms with Crippen LogP contribution >= 0.6 is 0 Å². The van der Waals surface area contributed by atoms with E-state index in [0.717, 1.165) is 22.3 Å². The Balaban J connectivity index is 1.76. The Morgan fingerprint density at radius 1 is 0.354 bits per heavy atom. The summed E-state index contributed by atoms with van der Waals surface area (Å²) in [6.45, 7) is 11.3. The second-order valence-electron chi connectivity index (χ2n) is 12.3. The molecule has 8 bridgehead atoms. The van der Waals surface area contributed by atoms with Crippen LogP contribution < -0.4 is 0 Å². The van der Waals surface area contributed by atoms with E-state index in [0.29, 0.717) is 97.4 Å². The van der Waals surface area contributed by atoms with Crippen molar-refractivity contribution in [3.8, 4) is 23.0 Å². The second kappa shape index (κ2) is 16.3. The molecule has 5 rings (SSSR count). The molecule has 256 valence electrons. The molecule has 4 aromatic carbocycles. The molecular weight excluding hydrogens is 608 g/mol. The van der Waals surface area contributed by atoms with Crippen molar-refractivity contribution in [3.63, 3.8) is 0 Å². The molecule has 0 amide bonds. The van der Waals surface area contributed by atoms with Crippen LogP contribution in [0.1, 0.15) is 94.5 Å². The van der Waals surface area contributed by atoms with Gasteiger partial charge in [-0.1, -0.05) is 0 Å². The minimum Gasteiger partial charge on any atom is -0.507 e. The Kier molecular flexibility index (Phi) is 12.0. The van der Waals surface area contributed by atoms with E-state index >= 15 is 0 Å². The van der Waals surface area contributed by atoms with Gasteiger partial charge in [-0.05, 0) is 143 Å². The van der Waals surface area contributed by atoms with Crippen LogP contribution in [0.3, 0.4) is 0 Å². The van der Waals surface area contributed by atoms with E-state index < -0.39 is 0 Å². The summed E-state index contributed by atoms with van der Waals surface area (Å²) in [7, 11) is 0. The third kappa shape index (κ3) is 8.31. The summed E-state index contributed by atoms with van der Waals surface area (Å²) in [5.74, 6) is 0.437. The first-order valence-electron chi connectivity index (χ1n) is 16.9. The number of aromatic hydroxyl groups is 4. The van der Waals surface area contributed by atoms with E-state index in [2.05, 4.69) is 0 Å². The zero-order valence-corrected chi connectivity index (χ0v) is 28.5. The molecule has 4 N–H and O–H groups in total. The predicted molar refractivity (Wildman–Crippen MR) is 185 cm³/mol. The number of rotatable bonds is 12. The molecule has 0 saturated heterocycles. The topological polar surface area (TPSA) is 118 Å². The summed E-state index contributed by atoms with van der Waals surface area (Å²) >= 11 is 0. The lowest BCUT2D eigenvalue weighted by Crippen LogP contribution is -2.05. The van der Waals surface area contributed by atoms with E-state index in [1.807, 2.05) is 76.2 Å². The molecule has 0 aliphatic heterocycles. The maximum Gasteiger partial charge on any atom is 0.122 e. The van der Waals surface area contributed by atoms with Crippen LogP contribution in [-0.4, -0.2) is 46.9 Å². The monoisotopic (exact) mass is 656 g/mol. The minimum absolute atomic E-state index is 0.109. The van der Waals surface area contributed by atoms with Gasteiger partial charge < -0.3 is 39.4 Å². The molecule has 0 atom stereocenters. The highest BCUT2D eigenvalue weighted by Crippen LogP contribution is 2.39. The van der Waals surface area contributed by atoms with Gasteiger partial charge in [0, 0.05) is 52.1 Å². The Morgan fingerprint density at radius 2 is 0.521 bits per heavy atom. The number of ether oxygens (including phenoxy) is 4. The van der Waals surface area contributed by atoms with Gasteiger partial charge in [-0.2, -0.15) is 0 Å². The third-order valence-electron chi connectivity index (χ3n) is 8.73. The van der Waals surface area contributed by atoms with Crippen molar-refractivity contribution in [3.05, 3.63) is 115 Å². The van der Waals surface area contributed by atoms with Crippen molar-refractivity contribution in [2.24, 2.45) is 0 Å². The van der Waals surface area contributed by atoms with Gasteiger partial charge in [-0.3, -0.25) is 0 Å². The molecule has 0 radical (unpaired) electrons. The maximum atomic E-state index is 11.7. The lowest BCUT2D eigenvalue weighted by molar-refractivity contribution is 0.134. The lowest BCUT2D eigenvalue weighted by Gasteiger charge is -2.20. The van der Waals surface area contributed by atoms with E-state index in [1.54, 1.807) is 0 Å². The SMILES string of the molecule is CCOCc1cc2c(O)c(c1)Cc1cc(COCC)cc(c1O)Cc1cc(COCC)cc(c1O)Cc1cc(COCC)cc(c1O)C2. The summed E-state index contributed by atoms with van der Waals surface area (Å²) < 4.78 is 23.0. The van der Waals surface area contributed by atoms with Crippen LogP contribution in [-0.2, 0) is 71.1 Å². The number of benzene rings is 4. The van der Waals surface area contributed by atoms with E-state index in [4.69, 9.17) is 18.9 Å². The highest BCUT2D eigenvalue weighted by molar-refractivity contribution is 5.57. The highest BCUT2D eigenvalue weighted by atomic mass is 16.5. The van der Waals surface area contributed by atoms with Crippen molar-refractivity contribution in [1.29, 1.82) is 0 Å². The molecular formula is C40H48O8. The van der Waals surface area contributed by atoms with Gasteiger partial charge in [-0.15, -0.1) is 0 Å². The zero-order chi connectivity index (χ0) is 34.2. The highest BCUT2D eigenvalue weighted by Gasteiger charge is 2.22. The first kappa shape index (κ1) is 35.2. The molecule has 48 heavy (non-hydrogen) atoms. The van der Waals surface area contributed by atoms with Crippen LogP contribution in [0.25, 0.3) is 0 Å². The Labute approximate surface area is 283 Å². The first-order chi connectivity index (χ1) is 23.2. The van der Waals surface area contributed by atoms with Gasteiger partial charge in [0.15, 0.2) is 0 Å². The van der Waals surface area contributed by atoms with Crippen LogP contribution in [0.4, 0.5) is 0 Å². The van der Waals surface area contributed by atoms with Gasteiger partial charge in [0.2, 0.25) is 0 Å². The van der Waals surface area contributed by atoms with Crippen LogP contribution in [0.5, 0.6) is 23.0 Å². The van der Waals surface area contributed by atoms with Crippen molar-refractivity contribution < 1.29 is 39.4 Å². The summed E-state index contributed by atoms with van der Waals surface area (Å²) in [5, 5.41) is 46.9. The fraction of sp³-hybridized carbons (Fsp3) is 0.400. The molecule has 0 heterocycles. The summed E-state index contributed by atoms with van der Waals surface area (Å²) in [4.78, 5) is 0. The number of phenolic OH excluding ortho intramolecular Hbond substituents is 4. The standard InChI is InChI=1S/C40H48O8/c1-5-45-21-25-9-29-17-31-11-26(22-46-6-2)13-33(38(31)42)19-35-15-28(24-48-8-4)16-36(40(35)44)20-34-14-27(23-47-7-3)12-32(39(34)43)18-30(10-25)37(29)41/h9-16,41-44H,5-8,17-24H2,1-4H3. The van der Waals surface area contributed by atoms with Crippen LogP contribution in [0.15, 0.2) is 48.5 Å². The number of hydrogen-bond donors (Lipinski definition) is 4. The predicted octanol–water partition coefficient (Wildman–Crippen LogP) is 7.33. The molecule has 1 aliphatic carbocycles. The molecule has 1 aliphatic rings. The fourth-order valence-electron chi connectivity index (χ4n) is 6.44. The van der Waals surface area contributed by atoms with Gasteiger partial charge in [0.05, 0.1) is 26.4 Å². The maximum absolute atomic E-state index is 11.7. The average Bonchev–Trinajstić information content (AvgIpc) is 3.07. The first-order valence-corrected chi connectivity index (χ1v) is 16.9. The summed E-state index contributed by atoms with van der Waals surface area (Å²) in [6.07, 6.45) is 1.00. The Morgan fingerprint density at radius 3 is 0.667 bits per heavy atom. The molecule has 0 fully saturated rings. The van der Waals surface area contributed by atoms with Crippen LogP contribution in [0, 0.1) is 0 Å². The summed E-state index contributed by atoms with van der Waals surface area (Å²) in [6, 6.07) is 15.3. The fourth-order valence-corrected chi connectivity index (χ4v) is 6.44. The average molecular weight is 657 g/mol. The van der Waals surface area contributed by atoms with Crippen molar-refractivity contribution in [2.45, 2.75) is 79.8 Å². The van der Waals surface area contributed by atoms with Crippen LogP contribution in [0.2, 0.25) is 0 Å². The van der Waals surface area contributed by atoms with Gasteiger partial charge >= 0.3 is 0 Å². The number of hydrogen-bond acceptors (Lipinski definition) is 8. The third-order valence-corrected chi connectivity index (χ3v) is 8.73. The summed E-state index contributed by atoms with van der Waals surface area (Å²) in [5.41, 5.74) is 8.64. The van der Waals surface area contributed by atoms with E-state index in [9.17, 15) is 20.4 Å². The minimum atomic E-state index is 0.109. The number of phenols is 4. The molecule has 8 nitrogen and oxygen atoms in total. The molecule has 0 spiro atoms. The zero-order valence-electron chi connectivity index (χ0n) is 28.5. The van der Waals surface area contributed by atoms with E-state index in [1.165, 1.54) is 0 Å². The van der Waals surface area contributed by atoms with Gasteiger partial charge in [-0.25, -0.2) is 0 Å². The lowest BCUT2D eigenvalue weighted by atomic mass is 9.88. The molecule has 8 heteroatoms. The molecule has 0 aromatic heterocycles. The quantitative estimate of drug-likeness (QED) is 0.110. The largest absolute Gasteiger partial charge is 0.507 e.